The highest BCUT2D eigenvalue weighted by atomic mass is 16.5. The standard InChI is InChI=1S/C27H31N5O3/c1-3-5-6-7-10-17-29-26(33)22-23-25(31-21-12-9-8-11-20(21)30-23)32(24(22)28)19-15-13-18(14-16-19)27(34)35-4-2/h8-9,11-16H,3-7,10,17,28H2,1-2H3,(H,29,33). The van der Waals surface area contributed by atoms with E-state index >= 15 is 0 Å². The second-order valence-electron chi connectivity index (χ2n) is 8.42. The SMILES string of the molecule is CCCCCCCNC(=O)c1c(N)n(-c2ccc(C(=O)OCC)cc2)c2nc3ccccc3nc12. The number of aromatic nitrogens is 3. The third kappa shape index (κ3) is 5.11. The van der Waals surface area contributed by atoms with E-state index in [9.17, 15) is 9.59 Å². The van der Waals surface area contributed by atoms with Gasteiger partial charge in [0.1, 0.15) is 16.9 Å². The van der Waals surface area contributed by atoms with E-state index in [0.717, 1.165) is 19.3 Å². The Bertz CT molecular complexity index is 1340. The van der Waals surface area contributed by atoms with Gasteiger partial charge in [0.05, 0.1) is 23.2 Å². The fraction of sp³-hybridized carbons (Fsp3) is 0.333. The Hall–Kier alpha value is -3.94. The molecule has 0 saturated heterocycles. The van der Waals surface area contributed by atoms with Crippen molar-refractivity contribution in [3.05, 3.63) is 59.7 Å². The van der Waals surface area contributed by atoms with Gasteiger partial charge in [-0.15, -0.1) is 0 Å². The fourth-order valence-corrected chi connectivity index (χ4v) is 4.13. The first-order valence-electron chi connectivity index (χ1n) is 12.2. The molecule has 0 aliphatic rings. The van der Waals surface area contributed by atoms with E-state index in [1.54, 1.807) is 35.8 Å². The molecule has 0 unspecified atom stereocenters. The Balaban J connectivity index is 1.73. The van der Waals surface area contributed by atoms with Gasteiger partial charge in [-0.1, -0.05) is 44.7 Å². The third-order valence-electron chi connectivity index (χ3n) is 5.93. The zero-order valence-electron chi connectivity index (χ0n) is 20.2. The highest BCUT2D eigenvalue weighted by Crippen LogP contribution is 2.31. The number of nitrogen functional groups attached to an aromatic ring is 1. The zero-order valence-corrected chi connectivity index (χ0v) is 20.2. The number of anilines is 1. The number of ether oxygens (including phenoxy) is 1. The molecule has 8 nitrogen and oxygen atoms in total. The van der Waals surface area contributed by atoms with Crippen molar-refractivity contribution in [2.24, 2.45) is 0 Å². The van der Waals surface area contributed by atoms with Gasteiger partial charge in [-0.05, 0) is 49.7 Å². The number of rotatable bonds is 10. The van der Waals surface area contributed by atoms with Crippen LogP contribution in [0.15, 0.2) is 48.5 Å². The summed E-state index contributed by atoms with van der Waals surface area (Å²) < 4.78 is 6.78. The third-order valence-corrected chi connectivity index (χ3v) is 5.93. The number of amides is 1. The van der Waals surface area contributed by atoms with Crippen molar-refractivity contribution in [2.75, 3.05) is 18.9 Å². The molecule has 0 aliphatic carbocycles. The number of carbonyl (C=O) groups excluding carboxylic acids is 2. The molecule has 4 aromatic rings. The van der Waals surface area contributed by atoms with Crippen molar-refractivity contribution in [2.45, 2.75) is 46.0 Å². The predicted molar refractivity (Wildman–Crippen MR) is 138 cm³/mol. The average Bonchev–Trinajstić information content (AvgIpc) is 3.15. The van der Waals surface area contributed by atoms with E-state index in [-0.39, 0.29) is 11.7 Å². The van der Waals surface area contributed by atoms with Crippen molar-refractivity contribution in [1.82, 2.24) is 19.9 Å². The van der Waals surface area contributed by atoms with Crippen LogP contribution in [-0.4, -0.2) is 39.6 Å². The monoisotopic (exact) mass is 473 g/mol. The minimum Gasteiger partial charge on any atom is -0.462 e. The summed E-state index contributed by atoms with van der Waals surface area (Å²) in [4.78, 5) is 34.8. The molecule has 0 saturated carbocycles. The van der Waals surface area contributed by atoms with Crippen LogP contribution in [0, 0.1) is 0 Å². The molecule has 1 amide bonds. The summed E-state index contributed by atoms with van der Waals surface area (Å²) in [5.74, 6) is -0.411. The number of hydrogen-bond donors (Lipinski definition) is 2. The summed E-state index contributed by atoms with van der Waals surface area (Å²) in [6.45, 7) is 4.81. The van der Waals surface area contributed by atoms with Crippen LogP contribution in [0.2, 0.25) is 0 Å². The summed E-state index contributed by atoms with van der Waals surface area (Å²) in [5.41, 5.74) is 10.3. The highest BCUT2D eigenvalue weighted by Gasteiger charge is 2.24. The number of benzene rings is 2. The number of hydrogen-bond acceptors (Lipinski definition) is 6. The molecule has 0 bridgehead atoms. The molecule has 0 aliphatic heterocycles. The van der Waals surface area contributed by atoms with Crippen molar-refractivity contribution in [3.63, 3.8) is 0 Å². The van der Waals surface area contributed by atoms with E-state index < -0.39 is 5.97 Å². The van der Waals surface area contributed by atoms with Crippen LogP contribution in [0.25, 0.3) is 27.9 Å². The number of para-hydroxylation sites is 2. The van der Waals surface area contributed by atoms with Crippen LogP contribution in [-0.2, 0) is 4.74 Å². The van der Waals surface area contributed by atoms with E-state index in [4.69, 9.17) is 20.4 Å². The number of nitrogens with one attached hydrogen (secondary N) is 1. The quantitative estimate of drug-likeness (QED) is 0.247. The Morgan fingerprint density at radius 3 is 2.31 bits per heavy atom. The second kappa shape index (κ2) is 11.0. The summed E-state index contributed by atoms with van der Waals surface area (Å²) in [6, 6.07) is 14.4. The summed E-state index contributed by atoms with van der Waals surface area (Å²) in [5, 5.41) is 3.00. The Morgan fingerprint density at radius 1 is 0.943 bits per heavy atom. The first-order valence-corrected chi connectivity index (χ1v) is 12.2. The smallest absolute Gasteiger partial charge is 0.338 e. The van der Waals surface area contributed by atoms with Crippen LogP contribution in [0.3, 0.4) is 0 Å². The lowest BCUT2D eigenvalue weighted by Gasteiger charge is -2.09. The molecule has 4 rings (SSSR count). The van der Waals surface area contributed by atoms with Crippen LogP contribution < -0.4 is 11.1 Å². The lowest BCUT2D eigenvalue weighted by Crippen LogP contribution is -2.25. The first-order chi connectivity index (χ1) is 17.0. The molecule has 2 aromatic heterocycles. The largest absolute Gasteiger partial charge is 0.462 e. The molecular weight excluding hydrogens is 442 g/mol. The fourth-order valence-electron chi connectivity index (χ4n) is 4.13. The Labute approximate surface area is 204 Å². The van der Waals surface area contributed by atoms with Crippen molar-refractivity contribution in [1.29, 1.82) is 0 Å². The molecular formula is C27H31N5O3. The molecule has 2 aromatic carbocycles. The predicted octanol–water partition coefficient (Wildman–Crippen LogP) is 5.03. The lowest BCUT2D eigenvalue weighted by atomic mass is 10.1. The number of fused-ring (bicyclic) bond motifs is 2. The van der Waals surface area contributed by atoms with Crippen LogP contribution >= 0.6 is 0 Å². The van der Waals surface area contributed by atoms with Gasteiger partial charge in [0.25, 0.3) is 5.91 Å². The average molecular weight is 474 g/mol. The summed E-state index contributed by atoms with van der Waals surface area (Å²) >= 11 is 0. The maximum atomic E-state index is 13.2. The molecule has 0 radical (unpaired) electrons. The normalized spacial score (nSPS) is 11.1. The van der Waals surface area contributed by atoms with Gasteiger partial charge in [0.2, 0.25) is 0 Å². The van der Waals surface area contributed by atoms with Gasteiger partial charge >= 0.3 is 5.97 Å². The van der Waals surface area contributed by atoms with E-state index in [1.807, 2.05) is 24.3 Å². The van der Waals surface area contributed by atoms with Gasteiger partial charge in [-0.3, -0.25) is 9.36 Å². The zero-order chi connectivity index (χ0) is 24.8. The minimum absolute atomic E-state index is 0.252. The number of nitrogens with two attached hydrogens (primary N) is 1. The Kier molecular flexibility index (Phi) is 7.60. The van der Waals surface area contributed by atoms with E-state index in [1.165, 1.54) is 12.8 Å². The first kappa shape index (κ1) is 24.2. The van der Waals surface area contributed by atoms with Crippen LogP contribution in [0.1, 0.15) is 66.7 Å². The van der Waals surface area contributed by atoms with Crippen LogP contribution in [0.4, 0.5) is 5.82 Å². The van der Waals surface area contributed by atoms with Crippen molar-refractivity contribution < 1.29 is 14.3 Å². The van der Waals surface area contributed by atoms with Gasteiger partial charge in [0.15, 0.2) is 5.65 Å². The number of esters is 1. The van der Waals surface area contributed by atoms with E-state index in [0.29, 0.717) is 52.2 Å². The number of nitrogens with zero attached hydrogens (tertiary/aromatic N) is 3. The molecule has 0 fully saturated rings. The van der Waals surface area contributed by atoms with Gasteiger partial charge in [0, 0.05) is 12.2 Å². The Morgan fingerprint density at radius 2 is 1.63 bits per heavy atom. The van der Waals surface area contributed by atoms with Gasteiger partial charge in [-0.25, -0.2) is 14.8 Å². The molecule has 0 spiro atoms. The molecule has 8 heteroatoms. The maximum Gasteiger partial charge on any atom is 0.338 e. The molecule has 182 valence electrons. The lowest BCUT2D eigenvalue weighted by molar-refractivity contribution is 0.0526. The summed E-state index contributed by atoms with van der Waals surface area (Å²) in [6.07, 6.45) is 5.52. The van der Waals surface area contributed by atoms with E-state index in [2.05, 4.69) is 12.2 Å². The molecule has 0 atom stereocenters. The highest BCUT2D eigenvalue weighted by molar-refractivity contribution is 6.11. The number of unbranched alkanes of at least 4 members (excludes halogenated alkanes) is 4. The molecule has 2 heterocycles. The van der Waals surface area contributed by atoms with Crippen molar-refractivity contribution in [3.8, 4) is 5.69 Å². The summed E-state index contributed by atoms with van der Waals surface area (Å²) in [7, 11) is 0. The minimum atomic E-state index is -0.394. The van der Waals surface area contributed by atoms with Crippen molar-refractivity contribution >= 4 is 39.9 Å². The second-order valence-corrected chi connectivity index (χ2v) is 8.42. The maximum absolute atomic E-state index is 13.2. The topological polar surface area (TPSA) is 112 Å². The van der Waals surface area contributed by atoms with Gasteiger partial charge < -0.3 is 15.8 Å². The van der Waals surface area contributed by atoms with Crippen LogP contribution in [0.5, 0.6) is 0 Å². The molecule has 35 heavy (non-hydrogen) atoms. The molecule has 3 N–H and O–H groups in total. The van der Waals surface area contributed by atoms with Gasteiger partial charge in [-0.2, -0.15) is 0 Å². The number of carbonyl (C=O) groups is 2.